The van der Waals surface area contributed by atoms with Crippen LogP contribution >= 0.6 is 0 Å². The molecule has 0 bridgehead atoms. The number of rotatable bonds is 8. The number of hydrogen-bond donors (Lipinski definition) is 1. The van der Waals surface area contributed by atoms with Crippen molar-refractivity contribution in [1.82, 2.24) is 4.57 Å². The maximum absolute atomic E-state index is 13.6. The van der Waals surface area contributed by atoms with E-state index in [1.807, 2.05) is 43.3 Å². The molecule has 0 fully saturated rings. The summed E-state index contributed by atoms with van der Waals surface area (Å²) in [6.45, 7) is 5.75. The molecule has 1 N–H and O–H groups in total. The molecule has 6 heteroatoms. The fourth-order valence-electron chi connectivity index (χ4n) is 3.67. The molecule has 0 aliphatic heterocycles. The molecule has 1 aromatic heterocycles. The lowest BCUT2D eigenvalue weighted by Gasteiger charge is -2.21. The lowest BCUT2D eigenvalue weighted by Crippen LogP contribution is -2.29. The van der Waals surface area contributed by atoms with Crippen LogP contribution in [-0.2, 0) is 0 Å². The number of unbranched alkanes of at least 4 members (excludes halogenated alkanes) is 1. The zero-order chi connectivity index (χ0) is 23.3. The summed E-state index contributed by atoms with van der Waals surface area (Å²) in [5, 5.41) is 20.8. The van der Waals surface area contributed by atoms with Crippen LogP contribution in [0.1, 0.15) is 65.3 Å². The SMILES string of the molecule is CCCCOc1ccccc1C(=O)c1c(C)c(C#N)c(=O)n(C(C)c2ccccc2)c1O. The molecule has 0 saturated heterocycles. The third kappa shape index (κ3) is 4.28. The van der Waals surface area contributed by atoms with Gasteiger partial charge >= 0.3 is 0 Å². The van der Waals surface area contributed by atoms with Gasteiger partial charge in [0.2, 0.25) is 11.7 Å². The molecule has 1 atom stereocenters. The highest BCUT2D eigenvalue weighted by Gasteiger charge is 2.28. The number of nitriles is 1. The molecule has 1 heterocycles. The van der Waals surface area contributed by atoms with Gasteiger partial charge in [0.1, 0.15) is 17.4 Å². The van der Waals surface area contributed by atoms with E-state index in [4.69, 9.17) is 4.74 Å². The van der Waals surface area contributed by atoms with Gasteiger partial charge in [-0.15, -0.1) is 0 Å². The molecule has 0 amide bonds. The van der Waals surface area contributed by atoms with Gasteiger partial charge in [0.25, 0.3) is 5.56 Å². The van der Waals surface area contributed by atoms with Gasteiger partial charge in [0, 0.05) is 0 Å². The van der Waals surface area contributed by atoms with E-state index in [0.29, 0.717) is 12.4 Å². The number of carbonyl (C=O) groups excluding carboxylic acids is 1. The second-order valence-electron chi connectivity index (χ2n) is 7.60. The van der Waals surface area contributed by atoms with Crippen molar-refractivity contribution in [2.75, 3.05) is 6.61 Å². The molecule has 164 valence electrons. The Morgan fingerprint density at radius 2 is 1.81 bits per heavy atom. The van der Waals surface area contributed by atoms with Gasteiger partial charge in [-0.1, -0.05) is 55.8 Å². The smallest absolute Gasteiger partial charge is 0.272 e. The summed E-state index contributed by atoms with van der Waals surface area (Å²) in [5.41, 5.74) is 0.305. The van der Waals surface area contributed by atoms with Crippen molar-refractivity contribution in [3.63, 3.8) is 0 Å². The molecule has 0 saturated carbocycles. The van der Waals surface area contributed by atoms with Crippen molar-refractivity contribution in [3.05, 3.63) is 92.8 Å². The van der Waals surface area contributed by atoms with E-state index in [1.54, 1.807) is 31.2 Å². The summed E-state index contributed by atoms with van der Waals surface area (Å²) in [7, 11) is 0. The molecule has 32 heavy (non-hydrogen) atoms. The molecule has 0 aliphatic rings. The van der Waals surface area contributed by atoms with Crippen LogP contribution in [0.2, 0.25) is 0 Å². The lowest BCUT2D eigenvalue weighted by atomic mass is 9.96. The average molecular weight is 431 g/mol. The average Bonchev–Trinajstić information content (AvgIpc) is 2.80. The van der Waals surface area contributed by atoms with E-state index in [-0.39, 0.29) is 22.3 Å². The van der Waals surface area contributed by atoms with Gasteiger partial charge < -0.3 is 9.84 Å². The molecule has 0 radical (unpaired) electrons. The fraction of sp³-hybridized carbons (Fsp3) is 0.269. The van der Waals surface area contributed by atoms with E-state index in [9.17, 15) is 20.0 Å². The summed E-state index contributed by atoms with van der Waals surface area (Å²) in [5.74, 6) is -0.564. The van der Waals surface area contributed by atoms with Gasteiger partial charge in [-0.3, -0.25) is 14.2 Å². The van der Waals surface area contributed by atoms with Crippen LogP contribution in [0.15, 0.2) is 59.4 Å². The molecule has 3 rings (SSSR count). The van der Waals surface area contributed by atoms with Crippen LogP contribution in [0, 0.1) is 18.3 Å². The normalized spacial score (nSPS) is 11.6. The fourth-order valence-corrected chi connectivity index (χ4v) is 3.67. The molecular formula is C26H26N2O4. The summed E-state index contributed by atoms with van der Waals surface area (Å²) >= 11 is 0. The Morgan fingerprint density at radius 3 is 2.47 bits per heavy atom. The number of ether oxygens (including phenoxy) is 1. The Bertz CT molecular complexity index is 1220. The number of benzene rings is 2. The zero-order valence-corrected chi connectivity index (χ0v) is 18.5. The first-order valence-corrected chi connectivity index (χ1v) is 10.6. The van der Waals surface area contributed by atoms with Crippen molar-refractivity contribution >= 4 is 5.78 Å². The highest BCUT2D eigenvalue weighted by molar-refractivity contribution is 6.13. The first-order valence-electron chi connectivity index (χ1n) is 10.6. The Labute approximate surface area is 187 Å². The van der Waals surface area contributed by atoms with Crippen molar-refractivity contribution in [2.45, 2.75) is 39.7 Å². The quantitative estimate of drug-likeness (QED) is 0.411. The number of hydrogen-bond acceptors (Lipinski definition) is 5. The van der Waals surface area contributed by atoms with E-state index >= 15 is 0 Å². The highest BCUT2D eigenvalue weighted by Crippen LogP contribution is 2.31. The number of pyridine rings is 1. The number of aromatic hydroxyl groups is 1. The molecule has 0 spiro atoms. The van der Waals surface area contributed by atoms with Crippen molar-refractivity contribution in [3.8, 4) is 17.7 Å². The summed E-state index contributed by atoms with van der Waals surface area (Å²) in [6.07, 6.45) is 1.79. The second kappa shape index (κ2) is 9.97. The van der Waals surface area contributed by atoms with Crippen LogP contribution in [-0.4, -0.2) is 22.1 Å². The number of para-hydroxylation sites is 1. The van der Waals surface area contributed by atoms with Crippen LogP contribution in [0.3, 0.4) is 0 Å². The van der Waals surface area contributed by atoms with Crippen LogP contribution < -0.4 is 10.3 Å². The lowest BCUT2D eigenvalue weighted by molar-refractivity contribution is 0.103. The maximum Gasteiger partial charge on any atom is 0.272 e. The second-order valence-corrected chi connectivity index (χ2v) is 7.60. The van der Waals surface area contributed by atoms with Crippen molar-refractivity contribution in [1.29, 1.82) is 5.26 Å². The third-order valence-electron chi connectivity index (χ3n) is 5.53. The number of nitrogens with zero attached hydrogens (tertiary/aromatic N) is 2. The van der Waals surface area contributed by atoms with Gasteiger partial charge in [0.05, 0.1) is 23.8 Å². The molecule has 3 aromatic rings. The maximum atomic E-state index is 13.6. The van der Waals surface area contributed by atoms with E-state index in [1.165, 1.54) is 6.92 Å². The minimum atomic E-state index is -0.636. The minimum Gasteiger partial charge on any atom is -0.494 e. The minimum absolute atomic E-state index is 0.0736. The van der Waals surface area contributed by atoms with Gasteiger partial charge in [-0.25, -0.2) is 0 Å². The number of ketones is 1. The topological polar surface area (TPSA) is 92.3 Å². The first-order chi connectivity index (χ1) is 15.4. The van der Waals surface area contributed by atoms with Crippen molar-refractivity contribution < 1.29 is 14.6 Å². The number of carbonyl (C=O) groups is 1. The summed E-state index contributed by atoms with van der Waals surface area (Å²) < 4.78 is 6.90. The molecule has 2 aromatic carbocycles. The highest BCUT2D eigenvalue weighted by atomic mass is 16.5. The predicted molar refractivity (Wildman–Crippen MR) is 122 cm³/mol. The monoisotopic (exact) mass is 430 g/mol. The standard InChI is InChI=1S/C26H26N2O4/c1-4-5-15-32-22-14-10-9-13-20(22)24(29)23-17(2)21(16-27)25(30)28(26(23)31)18(3)19-11-7-6-8-12-19/h6-14,18,31H,4-5,15H2,1-3H3. The van der Waals surface area contributed by atoms with Gasteiger partial charge in [0.15, 0.2) is 0 Å². The van der Waals surface area contributed by atoms with Gasteiger partial charge in [-0.05, 0) is 43.5 Å². The van der Waals surface area contributed by atoms with E-state index in [0.717, 1.165) is 23.0 Å². The van der Waals surface area contributed by atoms with Crippen LogP contribution in [0.25, 0.3) is 0 Å². The third-order valence-corrected chi connectivity index (χ3v) is 5.53. The molecule has 6 nitrogen and oxygen atoms in total. The van der Waals surface area contributed by atoms with Gasteiger partial charge in [-0.2, -0.15) is 5.26 Å². The Balaban J connectivity index is 2.19. The zero-order valence-electron chi connectivity index (χ0n) is 18.5. The van der Waals surface area contributed by atoms with Crippen molar-refractivity contribution in [2.24, 2.45) is 0 Å². The largest absolute Gasteiger partial charge is 0.494 e. The summed E-state index contributed by atoms with van der Waals surface area (Å²) in [4.78, 5) is 26.6. The Kier molecular flexibility index (Phi) is 7.11. The number of aromatic nitrogens is 1. The predicted octanol–water partition coefficient (Wildman–Crippen LogP) is 4.75. The van der Waals surface area contributed by atoms with Crippen LogP contribution in [0.5, 0.6) is 11.6 Å². The Hall–Kier alpha value is -3.85. The molecule has 0 aliphatic carbocycles. The molecule has 1 unspecified atom stereocenters. The van der Waals surface area contributed by atoms with Crippen LogP contribution in [0.4, 0.5) is 0 Å². The molecular weight excluding hydrogens is 404 g/mol. The van der Waals surface area contributed by atoms with E-state index < -0.39 is 23.3 Å². The Morgan fingerprint density at radius 1 is 1.16 bits per heavy atom. The van der Waals surface area contributed by atoms with E-state index in [2.05, 4.69) is 0 Å². The first kappa shape index (κ1) is 22.8. The summed E-state index contributed by atoms with van der Waals surface area (Å²) in [6, 6.07) is 17.3.